The Labute approximate surface area is 496 Å². The van der Waals surface area contributed by atoms with Crippen LogP contribution in [0.3, 0.4) is 0 Å². The first-order chi connectivity index (χ1) is 34.4. The fourth-order valence-corrected chi connectivity index (χ4v) is 5.39. The number of halogens is 1. The first kappa shape index (κ1) is 73.5. The second kappa shape index (κ2) is 44.6. The summed E-state index contributed by atoms with van der Waals surface area (Å²) in [5, 5.41) is 80.9. The van der Waals surface area contributed by atoms with Gasteiger partial charge < -0.3 is 57.7 Å². The third kappa shape index (κ3) is 33.3. The predicted octanol–water partition coefficient (Wildman–Crippen LogP) is 11.3. The maximum Gasteiger partial charge on any atom is 1.00 e. The average Bonchev–Trinajstić information content (AvgIpc) is 3.36. The molecular weight excluding hydrogens is 1070 g/mol. The molecule has 0 aliphatic rings. The third-order valence-electron chi connectivity index (χ3n) is 8.41. The van der Waals surface area contributed by atoms with Crippen LogP contribution in [0.5, 0.6) is 40.2 Å². The van der Waals surface area contributed by atoms with E-state index in [2.05, 4.69) is 46.6 Å². The molecule has 0 amide bonds. The molecule has 0 fully saturated rings. The molecule has 0 aliphatic heterocycles. The fraction of sp³-hybridized carbons (Fsp3) is 0.222. The smallest absolute Gasteiger partial charge is 0.870 e. The largest absolute Gasteiger partial charge is 1.00 e. The number of nitrogens with zero attached hydrogens (tertiary/aromatic N) is 7. The van der Waals surface area contributed by atoms with E-state index in [1.807, 2.05) is 48.5 Å². The van der Waals surface area contributed by atoms with Gasteiger partial charge in [0, 0.05) is 47.8 Å². The summed E-state index contributed by atoms with van der Waals surface area (Å²) in [5.74, 6) is 2.02. The molecule has 0 saturated heterocycles. The molecule has 0 bridgehead atoms. The van der Waals surface area contributed by atoms with Gasteiger partial charge in [-0.15, -0.1) is 0 Å². The standard InChI is InChI=1S/C18H24N4O2.2C12H10N2O2.C6H5NO3.C3H8BrN.3CH4.K.H2O/c19-9-3-11-23-17-7-1-5-15(13-17)21-22-16-6-2-8-18(14-16)24-12-4-10-20;2*15-11-5-1-3-9(7-11)13-14-10-4-2-6-12(16)8-10;8-6-3-1-2-5(4-6)7(9)10;4-2-1-3-5;;;;;/h1-2,5-8,13-14H,3-4,9-12,19-20H2;2*1-8,15-16H;1-4,8H;1-3,5H2;3*1H4;;1H2/q;;;;;;;;+1;/p-1. The quantitative estimate of drug-likeness (QED) is 0.0105. The van der Waals surface area contributed by atoms with E-state index >= 15 is 0 Å². The number of azo groups is 3. The minimum Gasteiger partial charge on any atom is -0.870 e. The summed E-state index contributed by atoms with van der Waals surface area (Å²) >= 11 is 3.23. The Morgan fingerprint density at radius 1 is 0.434 bits per heavy atom. The van der Waals surface area contributed by atoms with Gasteiger partial charge in [0.2, 0.25) is 0 Å². The molecule has 20 nitrogen and oxygen atoms in total. The molecule has 0 radical (unpaired) electrons. The molecule has 0 saturated carbocycles. The minimum atomic E-state index is -0.556. The van der Waals surface area contributed by atoms with Crippen LogP contribution in [0.15, 0.2) is 201 Å². The van der Waals surface area contributed by atoms with E-state index in [9.17, 15) is 30.5 Å². The maximum atomic E-state index is 10.0. The van der Waals surface area contributed by atoms with Crippen LogP contribution in [0.2, 0.25) is 0 Å². The Balaban J connectivity index is -0.000000916. The van der Waals surface area contributed by atoms with Crippen molar-refractivity contribution in [3.63, 3.8) is 0 Å². The number of nitro benzene ring substituents is 1. The van der Waals surface area contributed by atoms with E-state index in [1.165, 1.54) is 42.5 Å². The van der Waals surface area contributed by atoms with Crippen LogP contribution < -0.4 is 78.1 Å². The van der Waals surface area contributed by atoms with Crippen molar-refractivity contribution in [3.05, 3.63) is 180 Å². The SMILES string of the molecule is C.C.C.NCCCBr.NCCCOc1cccc(N=Nc2cccc(OCCCN)c2)c1.O=[N+]([O-])c1cccc(O)c1.Oc1cccc(N=Nc2cccc(O)c2)c1.Oc1cccc(N=Nc2cccc(O)c2)c1.[K+].[OH-]. The molecule has 0 spiro atoms. The van der Waals surface area contributed by atoms with Crippen molar-refractivity contribution in [2.75, 3.05) is 38.2 Å². The Morgan fingerprint density at radius 3 is 0.921 bits per heavy atom. The van der Waals surface area contributed by atoms with Crippen molar-refractivity contribution < 1.29 is 96.8 Å². The zero-order valence-corrected chi connectivity index (χ0v) is 44.8. The molecule has 0 atom stereocenters. The average molecular weight is 1140 g/mol. The number of non-ortho nitro benzene ring substituents is 1. The van der Waals surface area contributed by atoms with Crippen LogP contribution in [0.1, 0.15) is 41.5 Å². The van der Waals surface area contributed by atoms with Crippen molar-refractivity contribution in [1.82, 2.24) is 0 Å². The fourth-order valence-electron chi connectivity index (χ4n) is 5.07. The van der Waals surface area contributed by atoms with Crippen molar-refractivity contribution in [3.8, 4) is 40.2 Å². The number of nitro groups is 1. The first-order valence-electron chi connectivity index (χ1n) is 21.9. The molecule has 0 aliphatic carbocycles. The molecular formula is C54H70BrKN10O10. The second-order valence-electron chi connectivity index (χ2n) is 14.3. The summed E-state index contributed by atoms with van der Waals surface area (Å²) in [6, 6.07) is 46.2. The van der Waals surface area contributed by atoms with E-state index in [4.69, 9.17) is 31.8 Å². The van der Waals surface area contributed by atoms with E-state index in [0.29, 0.717) is 49.1 Å². The van der Waals surface area contributed by atoms with Gasteiger partial charge in [0.15, 0.2) is 0 Å². The molecule has 22 heteroatoms. The molecule has 7 aromatic carbocycles. The van der Waals surface area contributed by atoms with Crippen LogP contribution in [-0.2, 0) is 0 Å². The van der Waals surface area contributed by atoms with Gasteiger partial charge in [-0.25, -0.2) is 0 Å². The zero-order valence-electron chi connectivity index (χ0n) is 40.1. The van der Waals surface area contributed by atoms with Crippen LogP contribution in [0, 0.1) is 10.1 Å². The summed E-state index contributed by atoms with van der Waals surface area (Å²) in [6.07, 6.45) is 2.73. The number of nitrogens with two attached hydrogens (primary N) is 3. The Morgan fingerprint density at radius 2 is 0.697 bits per heavy atom. The summed E-state index contributed by atoms with van der Waals surface area (Å²) in [5.41, 5.74) is 19.6. The van der Waals surface area contributed by atoms with Crippen molar-refractivity contribution in [2.45, 2.75) is 41.5 Å². The molecule has 76 heavy (non-hydrogen) atoms. The molecule has 7 aromatic rings. The summed E-state index contributed by atoms with van der Waals surface area (Å²) < 4.78 is 11.2. The van der Waals surface area contributed by atoms with E-state index < -0.39 is 4.92 Å². The number of phenolic OH excluding ortho intramolecular Hbond substituents is 5. The number of hydrogen-bond acceptors (Lipinski definition) is 19. The number of rotatable bonds is 17. The van der Waals surface area contributed by atoms with E-state index in [-0.39, 0.29) is 114 Å². The number of ether oxygens (including phenoxy) is 2. The van der Waals surface area contributed by atoms with Gasteiger partial charge in [-0.1, -0.05) is 80.7 Å². The normalized spacial score (nSPS) is 9.74. The topological polar surface area (TPSA) is 345 Å². The van der Waals surface area contributed by atoms with Crippen LogP contribution in [0.25, 0.3) is 0 Å². The van der Waals surface area contributed by atoms with Crippen molar-refractivity contribution >= 4 is 55.7 Å². The van der Waals surface area contributed by atoms with Crippen molar-refractivity contribution in [2.24, 2.45) is 47.9 Å². The van der Waals surface area contributed by atoms with Crippen LogP contribution in [0.4, 0.5) is 39.8 Å². The van der Waals surface area contributed by atoms with E-state index in [1.54, 1.807) is 72.8 Å². The summed E-state index contributed by atoms with van der Waals surface area (Å²) in [7, 11) is 0. The van der Waals surface area contributed by atoms with Crippen molar-refractivity contribution in [1.29, 1.82) is 0 Å². The molecule has 7 rings (SSSR count). The number of benzene rings is 7. The number of hydrogen-bond donors (Lipinski definition) is 8. The van der Waals surface area contributed by atoms with Gasteiger partial charge in [-0.3, -0.25) is 10.1 Å². The second-order valence-corrected chi connectivity index (χ2v) is 15.1. The Kier molecular flexibility index (Phi) is 43.1. The maximum absolute atomic E-state index is 10.0. The first-order valence-corrected chi connectivity index (χ1v) is 23.0. The summed E-state index contributed by atoms with van der Waals surface area (Å²) in [4.78, 5) is 9.49. The zero-order chi connectivity index (χ0) is 51.5. The predicted molar refractivity (Wildman–Crippen MR) is 301 cm³/mol. The van der Waals surface area contributed by atoms with Crippen LogP contribution in [-0.4, -0.2) is 74.1 Å². The summed E-state index contributed by atoms with van der Waals surface area (Å²) in [6.45, 7) is 3.22. The number of phenols is 5. The number of alkyl halides is 1. The minimum absolute atomic E-state index is 0. The van der Waals surface area contributed by atoms with Gasteiger partial charge >= 0.3 is 51.4 Å². The van der Waals surface area contributed by atoms with Gasteiger partial charge in [0.05, 0.1) is 58.3 Å². The van der Waals surface area contributed by atoms with Gasteiger partial charge in [-0.05, 0) is 118 Å². The third-order valence-corrected chi connectivity index (χ3v) is 8.97. The van der Waals surface area contributed by atoms with Crippen LogP contribution >= 0.6 is 15.9 Å². The molecule has 12 N–H and O–H groups in total. The van der Waals surface area contributed by atoms with Gasteiger partial charge in [0.1, 0.15) is 40.2 Å². The molecule has 0 aromatic heterocycles. The Hall–Kier alpha value is -6.70. The number of aromatic hydroxyl groups is 5. The van der Waals surface area contributed by atoms with Gasteiger partial charge in [0.25, 0.3) is 5.69 Å². The molecule has 0 heterocycles. The monoisotopic (exact) mass is 1140 g/mol. The Bertz CT molecular complexity index is 2490. The van der Waals surface area contributed by atoms with Gasteiger partial charge in [-0.2, -0.15) is 30.7 Å². The molecule has 0 unspecified atom stereocenters. The molecule has 404 valence electrons. The van der Waals surface area contributed by atoms with E-state index in [0.717, 1.165) is 60.1 Å².